The Bertz CT molecular complexity index is 340. The Morgan fingerprint density at radius 3 is 2.89 bits per heavy atom. The van der Waals surface area contributed by atoms with E-state index in [0.29, 0.717) is 12.0 Å². The minimum absolute atomic E-state index is 0.252. The Hall–Kier alpha value is -0.840. The van der Waals surface area contributed by atoms with E-state index < -0.39 is 0 Å². The molecule has 0 bridgehead atoms. The van der Waals surface area contributed by atoms with Gasteiger partial charge in [0.25, 0.3) is 0 Å². The number of likely N-dealkylation sites (N-methyl/N-ethyl adjacent to an activating group) is 1. The van der Waals surface area contributed by atoms with E-state index in [1.165, 1.54) is 0 Å². The van der Waals surface area contributed by atoms with Gasteiger partial charge in [0.05, 0.1) is 12.8 Å². The molecule has 0 aliphatic carbocycles. The topological polar surface area (TPSA) is 39.9 Å². The molecule has 0 radical (unpaired) electrons. The van der Waals surface area contributed by atoms with Crippen LogP contribution in [0.25, 0.3) is 0 Å². The molecule has 0 saturated carbocycles. The zero-order chi connectivity index (χ0) is 13.0. The summed E-state index contributed by atoms with van der Waals surface area (Å²) in [6, 6.07) is 4.37. The van der Waals surface area contributed by atoms with E-state index in [9.17, 15) is 5.11 Å². The maximum Gasteiger partial charge on any atom is 0.117 e. The molecule has 1 fully saturated rings. The van der Waals surface area contributed by atoms with Gasteiger partial charge < -0.3 is 14.4 Å². The lowest BCUT2D eigenvalue weighted by atomic mass is 10.1. The van der Waals surface area contributed by atoms with Gasteiger partial charge in [-0.15, -0.1) is 0 Å². The molecule has 2 heterocycles. The van der Waals surface area contributed by atoms with E-state index in [1.54, 1.807) is 6.26 Å². The van der Waals surface area contributed by atoms with Crippen LogP contribution in [0.15, 0.2) is 22.8 Å². The summed E-state index contributed by atoms with van der Waals surface area (Å²) in [5.74, 6) is 1.66. The predicted octanol–water partition coefficient (Wildman–Crippen LogP) is 1.41. The molecule has 4 heteroatoms. The molecule has 1 aliphatic heterocycles. The number of hydrogen-bond donors (Lipinski definition) is 1. The summed E-state index contributed by atoms with van der Waals surface area (Å²) in [4.78, 5) is 4.82. The average Bonchev–Trinajstić information content (AvgIpc) is 2.75. The van der Waals surface area contributed by atoms with Crippen molar-refractivity contribution >= 4 is 0 Å². The van der Waals surface area contributed by atoms with Crippen LogP contribution in [0.4, 0.5) is 0 Å². The monoisotopic (exact) mass is 252 g/mol. The van der Waals surface area contributed by atoms with Gasteiger partial charge in [0.1, 0.15) is 5.76 Å². The van der Waals surface area contributed by atoms with E-state index in [-0.39, 0.29) is 6.61 Å². The standard InChI is InChI=1S/C14H24N2O2/c1-12-8-15(2)10-13(5-6-17)16(9-12)11-14-4-3-7-18-14/h3-4,7,12-13,17H,5-6,8-11H2,1-2H3. The molecule has 2 rings (SSSR count). The molecule has 0 aromatic carbocycles. The first-order valence-electron chi connectivity index (χ1n) is 6.75. The van der Waals surface area contributed by atoms with Gasteiger partial charge in [-0.3, -0.25) is 4.90 Å². The van der Waals surface area contributed by atoms with Crippen LogP contribution in [0.2, 0.25) is 0 Å². The van der Waals surface area contributed by atoms with Crippen LogP contribution in [0.1, 0.15) is 19.1 Å². The van der Waals surface area contributed by atoms with Gasteiger partial charge in [-0.1, -0.05) is 6.92 Å². The van der Waals surface area contributed by atoms with Crippen LogP contribution in [0, 0.1) is 5.92 Å². The number of hydrogen-bond acceptors (Lipinski definition) is 4. The zero-order valence-corrected chi connectivity index (χ0v) is 11.4. The molecule has 1 saturated heterocycles. The van der Waals surface area contributed by atoms with Crippen LogP contribution >= 0.6 is 0 Å². The molecule has 102 valence electrons. The third-order valence-electron chi connectivity index (χ3n) is 3.61. The van der Waals surface area contributed by atoms with Gasteiger partial charge in [-0.2, -0.15) is 0 Å². The summed E-state index contributed by atoms with van der Waals surface area (Å²) in [7, 11) is 2.16. The molecule has 1 aromatic heterocycles. The van der Waals surface area contributed by atoms with E-state index in [2.05, 4.69) is 23.8 Å². The molecule has 1 aromatic rings. The van der Waals surface area contributed by atoms with Crippen molar-refractivity contribution in [1.82, 2.24) is 9.80 Å². The number of rotatable bonds is 4. The third kappa shape index (κ3) is 3.57. The van der Waals surface area contributed by atoms with Crippen LogP contribution in [-0.2, 0) is 6.54 Å². The summed E-state index contributed by atoms with van der Waals surface area (Å²) in [5, 5.41) is 9.24. The molecule has 0 spiro atoms. The zero-order valence-electron chi connectivity index (χ0n) is 11.4. The van der Waals surface area contributed by atoms with E-state index >= 15 is 0 Å². The van der Waals surface area contributed by atoms with Crippen LogP contribution < -0.4 is 0 Å². The number of aliphatic hydroxyl groups excluding tert-OH is 1. The molecule has 1 N–H and O–H groups in total. The lowest BCUT2D eigenvalue weighted by Crippen LogP contribution is -2.40. The quantitative estimate of drug-likeness (QED) is 0.879. The molecule has 0 amide bonds. The van der Waals surface area contributed by atoms with Crippen LogP contribution in [0.3, 0.4) is 0 Å². The van der Waals surface area contributed by atoms with Crippen molar-refractivity contribution in [2.24, 2.45) is 5.92 Å². The fraction of sp³-hybridized carbons (Fsp3) is 0.714. The van der Waals surface area contributed by atoms with Crippen molar-refractivity contribution in [3.63, 3.8) is 0 Å². The highest BCUT2D eigenvalue weighted by atomic mass is 16.3. The summed E-state index contributed by atoms with van der Waals surface area (Å²) < 4.78 is 5.45. The predicted molar refractivity (Wildman–Crippen MR) is 71.3 cm³/mol. The molecular weight excluding hydrogens is 228 g/mol. The normalized spacial score (nSPS) is 27.3. The van der Waals surface area contributed by atoms with Gasteiger partial charge in [0.2, 0.25) is 0 Å². The van der Waals surface area contributed by atoms with E-state index in [1.807, 2.05) is 12.1 Å². The lowest BCUT2D eigenvalue weighted by molar-refractivity contribution is 0.131. The fourth-order valence-electron chi connectivity index (χ4n) is 2.91. The molecule has 4 nitrogen and oxygen atoms in total. The Kier molecular flexibility index (Phi) is 4.80. The summed E-state index contributed by atoms with van der Waals surface area (Å²) in [5.41, 5.74) is 0. The van der Waals surface area contributed by atoms with Gasteiger partial charge in [-0.05, 0) is 31.5 Å². The third-order valence-corrected chi connectivity index (χ3v) is 3.61. The second-order valence-corrected chi connectivity index (χ2v) is 5.50. The molecule has 1 aliphatic rings. The van der Waals surface area contributed by atoms with Crippen LogP contribution in [-0.4, -0.2) is 54.2 Å². The van der Waals surface area contributed by atoms with E-state index in [4.69, 9.17) is 4.42 Å². The Morgan fingerprint density at radius 1 is 1.39 bits per heavy atom. The smallest absolute Gasteiger partial charge is 0.117 e. The molecule has 18 heavy (non-hydrogen) atoms. The Balaban J connectivity index is 2.06. The fourth-order valence-corrected chi connectivity index (χ4v) is 2.91. The van der Waals surface area contributed by atoms with Crippen molar-refractivity contribution in [3.8, 4) is 0 Å². The minimum Gasteiger partial charge on any atom is -0.468 e. The maximum atomic E-state index is 9.24. The summed E-state index contributed by atoms with van der Waals surface area (Å²) in [6.07, 6.45) is 2.56. The molecular formula is C14H24N2O2. The largest absolute Gasteiger partial charge is 0.468 e. The Labute approximate surface area is 109 Å². The van der Waals surface area contributed by atoms with E-state index in [0.717, 1.165) is 38.4 Å². The highest BCUT2D eigenvalue weighted by Gasteiger charge is 2.26. The molecule has 2 atom stereocenters. The average molecular weight is 252 g/mol. The SMILES string of the molecule is CC1CN(C)CC(CCO)N(Cc2ccco2)C1. The summed E-state index contributed by atoms with van der Waals surface area (Å²) >= 11 is 0. The second kappa shape index (κ2) is 6.36. The van der Waals surface area contributed by atoms with Gasteiger partial charge >= 0.3 is 0 Å². The van der Waals surface area contributed by atoms with Crippen molar-refractivity contribution in [1.29, 1.82) is 0 Å². The summed E-state index contributed by atoms with van der Waals surface area (Å²) in [6.45, 7) is 6.59. The van der Waals surface area contributed by atoms with Gasteiger partial charge in [-0.25, -0.2) is 0 Å². The van der Waals surface area contributed by atoms with Crippen molar-refractivity contribution in [2.75, 3.05) is 33.3 Å². The van der Waals surface area contributed by atoms with Crippen molar-refractivity contribution in [3.05, 3.63) is 24.2 Å². The maximum absolute atomic E-state index is 9.24. The first-order valence-corrected chi connectivity index (χ1v) is 6.75. The van der Waals surface area contributed by atoms with Crippen molar-refractivity contribution < 1.29 is 9.52 Å². The number of aliphatic hydroxyl groups is 1. The number of furan rings is 1. The first kappa shape index (κ1) is 13.6. The van der Waals surface area contributed by atoms with Gasteiger partial charge in [0.15, 0.2) is 0 Å². The minimum atomic E-state index is 0.252. The lowest BCUT2D eigenvalue weighted by Gasteiger charge is -2.30. The number of nitrogens with zero attached hydrogens (tertiary/aromatic N) is 2. The van der Waals surface area contributed by atoms with Gasteiger partial charge in [0, 0.05) is 32.3 Å². The second-order valence-electron chi connectivity index (χ2n) is 5.50. The highest BCUT2D eigenvalue weighted by molar-refractivity contribution is 4.99. The first-order chi connectivity index (χ1) is 8.69. The Morgan fingerprint density at radius 2 is 2.22 bits per heavy atom. The highest BCUT2D eigenvalue weighted by Crippen LogP contribution is 2.18. The van der Waals surface area contributed by atoms with Crippen LogP contribution in [0.5, 0.6) is 0 Å². The molecule has 2 unspecified atom stereocenters. The van der Waals surface area contributed by atoms with Crippen molar-refractivity contribution in [2.45, 2.75) is 25.9 Å².